The molecule has 3 amide bonds. The first kappa shape index (κ1) is 30.2. The molecule has 12 heteroatoms. The van der Waals surface area contributed by atoms with Crippen LogP contribution in [0.4, 0.5) is 0 Å². The zero-order valence-electron chi connectivity index (χ0n) is 20.2. The van der Waals surface area contributed by atoms with Gasteiger partial charge in [-0.3, -0.25) is 14.4 Å². The number of aromatic hydroxyl groups is 1. The molecule has 0 bridgehead atoms. The fourth-order valence-electron chi connectivity index (χ4n) is 3.16. The Hall–Kier alpha value is -2.83. The molecule has 0 spiro atoms. The number of hydrogen-bond acceptors (Lipinski definition) is 8. The largest absolute Gasteiger partial charge is 0.508 e. The van der Waals surface area contributed by atoms with E-state index in [0.29, 0.717) is 37.1 Å². The number of benzene rings is 1. The van der Waals surface area contributed by atoms with Gasteiger partial charge in [-0.2, -0.15) is 11.8 Å². The van der Waals surface area contributed by atoms with Crippen LogP contribution in [-0.4, -0.2) is 76.6 Å². The number of carbonyl (C=O) groups is 4. The van der Waals surface area contributed by atoms with Crippen LogP contribution in [0.3, 0.4) is 0 Å². The lowest BCUT2D eigenvalue weighted by molar-refractivity contribution is -0.142. The summed E-state index contributed by atoms with van der Waals surface area (Å²) in [7, 11) is 0. The van der Waals surface area contributed by atoms with Gasteiger partial charge in [-0.15, -0.1) is 0 Å². The fraction of sp³-hybridized carbons (Fsp3) is 0.565. The first-order chi connectivity index (χ1) is 16.6. The summed E-state index contributed by atoms with van der Waals surface area (Å²) in [5.41, 5.74) is 11.9. The van der Waals surface area contributed by atoms with Gasteiger partial charge < -0.3 is 37.6 Å². The van der Waals surface area contributed by atoms with Crippen molar-refractivity contribution < 1.29 is 29.4 Å². The van der Waals surface area contributed by atoms with Crippen molar-refractivity contribution in [2.24, 2.45) is 11.5 Å². The van der Waals surface area contributed by atoms with E-state index in [1.54, 1.807) is 23.9 Å². The molecule has 4 unspecified atom stereocenters. The smallest absolute Gasteiger partial charge is 0.326 e. The monoisotopic (exact) mass is 511 g/mol. The summed E-state index contributed by atoms with van der Waals surface area (Å²) in [5.74, 6) is -2.23. The minimum absolute atomic E-state index is 0.0405. The molecule has 11 nitrogen and oxygen atoms in total. The number of thioether (sulfide) groups is 1. The fourth-order valence-corrected chi connectivity index (χ4v) is 3.65. The Labute approximate surface area is 209 Å². The van der Waals surface area contributed by atoms with Crippen LogP contribution in [0.15, 0.2) is 24.3 Å². The highest BCUT2D eigenvalue weighted by atomic mass is 32.2. The summed E-state index contributed by atoms with van der Waals surface area (Å²) in [4.78, 5) is 49.6. The zero-order valence-corrected chi connectivity index (χ0v) is 21.0. The van der Waals surface area contributed by atoms with Crippen molar-refractivity contribution in [2.45, 2.75) is 63.2 Å². The van der Waals surface area contributed by atoms with E-state index in [4.69, 9.17) is 11.5 Å². The van der Waals surface area contributed by atoms with Crippen molar-refractivity contribution in [3.05, 3.63) is 29.8 Å². The van der Waals surface area contributed by atoms with E-state index in [1.165, 1.54) is 19.1 Å². The second kappa shape index (κ2) is 16.0. The number of phenols is 1. The normalized spacial score (nSPS) is 14.3. The van der Waals surface area contributed by atoms with Gasteiger partial charge in [0, 0.05) is 6.42 Å². The molecule has 1 rings (SSSR count). The third kappa shape index (κ3) is 11.4. The maximum Gasteiger partial charge on any atom is 0.326 e. The van der Waals surface area contributed by atoms with E-state index in [0.717, 1.165) is 0 Å². The van der Waals surface area contributed by atoms with Gasteiger partial charge >= 0.3 is 5.97 Å². The van der Waals surface area contributed by atoms with E-state index in [2.05, 4.69) is 16.0 Å². The number of aliphatic carboxylic acids is 1. The molecule has 0 aliphatic carbocycles. The van der Waals surface area contributed by atoms with Gasteiger partial charge in [-0.05, 0) is 68.9 Å². The molecule has 0 fully saturated rings. The van der Waals surface area contributed by atoms with Crippen LogP contribution in [0.5, 0.6) is 5.75 Å². The van der Waals surface area contributed by atoms with E-state index in [1.807, 2.05) is 6.26 Å². The van der Waals surface area contributed by atoms with Crippen LogP contribution in [0.2, 0.25) is 0 Å². The highest BCUT2D eigenvalue weighted by Crippen LogP contribution is 2.12. The van der Waals surface area contributed by atoms with Crippen molar-refractivity contribution in [3.63, 3.8) is 0 Å². The summed E-state index contributed by atoms with van der Waals surface area (Å²) >= 11 is 1.55. The lowest BCUT2D eigenvalue weighted by Crippen LogP contribution is -2.57. The van der Waals surface area contributed by atoms with Crippen molar-refractivity contribution >= 4 is 35.5 Å². The second-order valence-electron chi connectivity index (χ2n) is 8.23. The average molecular weight is 512 g/mol. The molecular weight excluding hydrogens is 474 g/mol. The molecule has 0 aliphatic heterocycles. The van der Waals surface area contributed by atoms with Crippen molar-refractivity contribution in [2.75, 3.05) is 18.6 Å². The summed E-state index contributed by atoms with van der Waals surface area (Å²) in [6.07, 6.45) is 3.72. The number of carboxylic acid groups (broad SMARTS) is 1. The third-order valence-corrected chi connectivity index (χ3v) is 5.94. The summed E-state index contributed by atoms with van der Waals surface area (Å²) in [6, 6.07) is 2.07. The molecule has 1 aromatic rings. The first-order valence-corrected chi connectivity index (χ1v) is 12.8. The lowest BCUT2D eigenvalue weighted by Gasteiger charge is -2.24. The first-order valence-electron chi connectivity index (χ1n) is 11.4. The topological polar surface area (TPSA) is 197 Å². The van der Waals surface area contributed by atoms with Crippen LogP contribution in [0, 0.1) is 0 Å². The maximum absolute atomic E-state index is 13.0. The molecule has 9 N–H and O–H groups in total. The predicted molar refractivity (Wildman–Crippen MR) is 135 cm³/mol. The summed E-state index contributed by atoms with van der Waals surface area (Å²) < 4.78 is 0. The maximum atomic E-state index is 13.0. The number of carboxylic acids is 1. The number of amides is 3. The summed E-state index contributed by atoms with van der Waals surface area (Å²) in [5, 5.41) is 26.6. The van der Waals surface area contributed by atoms with Gasteiger partial charge in [0.05, 0.1) is 6.04 Å². The zero-order chi connectivity index (χ0) is 26.4. The van der Waals surface area contributed by atoms with Crippen molar-refractivity contribution in [1.82, 2.24) is 16.0 Å². The quantitative estimate of drug-likeness (QED) is 0.146. The Morgan fingerprint density at radius 3 is 2.14 bits per heavy atom. The minimum Gasteiger partial charge on any atom is -0.508 e. The van der Waals surface area contributed by atoms with Crippen LogP contribution < -0.4 is 27.4 Å². The molecule has 0 aromatic heterocycles. The molecule has 4 atom stereocenters. The molecule has 196 valence electrons. The Kier molecular flexibility index (Phi) is 13.8. The third-order valence-electron chi connectivity index (χ3n) is 5.29. The summed E-state index contributed by atoms with van der Waals surface area (Å²) in [6.45, 7) is 1.88. The molecule has 35 heavy (non-hydrogen) atoms. The molecule has 0 radical (unpaired) electrons. The molecule has 0 heterocycles. The Morgan fingerprint density at radius 1 is 0.943 bits per heavy atom. The highest BCUT2D eigenvalue weighted by Gasteiger charge is 2.29. The number of rotatable bonds is 16. The van der Waals surface area contributed by atoms with Crippen LogP contribution in [-0.2, 0) is 25.6 Å². The lowest BCUT2D eigenvalue weighted by atomic mass is 10.0. The highest BCUT2D eigenvalue weighted by molar-refractivity contribution is 7.98. The van der Waals surface area contributed by atoms with Crippen molar-refractivity contribution in [1.29, 1.82) is 0 Å². The Bertz CT molecular complexity index is 838. The van der Waals surface area contributed by atoms with Gasteiger partial charge in [-0.25, -0.2) is 4.79 Å². The minimum atomic E-state index is -1.19. The Morgan fingerprint density at radius 2 is 1.57 bits per heavy atom. The average Bonchev–Trinajstić information content (AvgIpc) is 2.82. The molecule has 0 saturated carbocycles. The van der Waals surface area contributed by atoms with Gasteiger partial charge in [0.2, 0.25) is 17.7 Å². The van der Waals surface area contributed by atoms with E-state index in [-0.39, 0.29) is 18.6 Å². The standard InChI is InChI=1S/C23H37N5O6S/c1-14(26-21(31)17(25)10-12-35-2)20(30)28-19(13-15-6-8-16(29)9-7-15)22(32)27-18(23(33)34)5-3-4-11-24/h6-9,14,17-19,29H,3-5,10-13,24-25H2,1-2H3,(H,26,31)(H,27,32)(H,28,30)(H,33,34). The van der Waals surface area contributed by atoms with Gasteiger partial charge in [0.1, 0.15) is 23.9 Å². The van der Waals surface area contributed by atoms with Crippen LogP contribution in [0.25, 0.3) is 0 Å². The van der Waals surface area contributed by atoms with Gasteiger partial charge in [0.15, 0.2) is 0 Å². The Balaban J connectivity index is 2.93. The van der Waals surface area contributed by atoms with E-state index >= 15 is 0 Å². The van der Waals surface area contributed by atoms with Gasteiger partial charge in [-0.1, -0.05) is 12.1 Å². The van der Waals surface area contributed by atoms with Crippen LogP contribution >= 0.6 is 11.8 Å². The number of phenolic OH excluding ortho intramolecular Hbond substituents is 1. The number of carbonyl (C=O) groups excluding carboxylic acids is 3. The second-order valence-corrected chi connectivity index (χ2v) is 9.22. The molecular formula is C23H37N5O6S. The number of nitrogens with one attached hydrogen (secondary N) is 3. The molecule has 0 saturated heterocycles. The van der Waals surface area contributed by atoms with Crippen LogP contribution in [0.1, 0.15) is 38.2 Å². The predicted octanol–water partition coefficient (Wildman–Crippen LogP) is -0.297. The van der Waals surface area contributed by atoms with E-state index in [9.17, 15) is 29.4 Å². The van der Waals surface area contributed by atoms with Gasteiger partial charge in [0.25, 0.3) is 0 Å². The van der Waals surface area contributed by atoms with E-state index < -0.39 is 47.9 Å². The van der Waals surface area contributed by atoms with Crippen molar-refractivity contribution in [3.8, 4) is 5.75 Å². The molecule has 0 aliphatic rings. The SMILES string of the molecule is CSCCC(N)C(=O)NC(C)C(=O)NC(Cc1ccc(O)cc1)C(=O)NC(CCCCN)C(=O)O. The number of nitrogens with two attached hydrogens (primary N) is 2. The number of unbranched alkanes of at least 4 members (excludes halogenated alkanes) is 1. The molecule has 1 aromatic carbocycles. The number of hydrogen-bond donors (Lipinski definition) is 7.